The second-order valence-electron chi connectivity index (χ2n) is 5.57. The van der Waals surface area contributed by atoms with E-state index in [0.29, 0.717) is 23.5 Å². The van der Waals surface area contributed by atoms with Crippen LogP contribution in [0.1, 0.15) is 30.1 Å². The number of carbonyl (C=O) groups excluding carboxylic acids is 1. The van der Waals surface area contributed by atoms with Crippen molar-refractivity contribution in [2.45, 2.75) is 19.8 Å². The number of esters is 1. The van der Waals surface area contributed by atoms with E-state index in [2.05, 4.69) is 6.92 Å². The Morgan fingerprint density at radius 1 is 1.00 bits per heavy atom. The van der Waals surface area contributed by atoms with Gasteiger partial charge in [-0.25, -0.2) is 9.59 Å². The van der Waals surface area contributed by atoms with E-state index < -0.39 is 11.6 Å². The molecule has 25 heavy (non-hydrogen) atoms. The lowest BCUT2D eigenvalue weighted by Gasteiger charge is -2.07. The first-order valence-corrected chi connectivity index (χ1v) is 8.14. The zero-order valence-electron chi connectivity index (χ0n) is 13.9. The van der Waals surface area contributed by atoms with Gasteiger partial charge in [0.1, 0.15) is 17.1 Å². The van der Waals surface area contributed by atoms with Gasteiger partial charge in [-0.2, -0.15) is 0 Å². The van der Waals surface area contributed by atoms with E-state index in [1.165, 1.54) is 12.1 Å². The number of rotatable bonds is 6. The third-order valence-electron chi connectivity index (χ3n) is 3.66. The summed E-state index contributed by atoms with van der Waals surface area (Å²) in [4.78, 5) is 23.5. The van der Waals surface area contributed by atoms with Crippen LogP contribution in [0.3, 0.4) is 0 Å². The smallest absolute Gasteiger partial charge is 0.343 e. The molecule has 0 aliphatic rings. The van der Waals surface area contributed by atoms with Crippen LogP contribution in [0, 0.1) is 0 Å². The van der Waals surface area contributed by atoms with Gasteiger partial charge in [-0.3, -0.25) is 0 Å². The van der Waals surface area contributed by atoms with Crippen LogP contribution in [0.15, 0.2) is 63.8 Å². The molecule has 0 N–H and O–H groups in total. The molecule has 0 atom stereocenters. The largest absolute Gasteiger partial charge is 0.494 e. The van der Waals surface area contributed by atoms with Crippen molar-refractivity contribution in [2.24, 2.45) is 0 Å². The van der Waals surface area contributed by atoms with Crippen molar-refractivity contribution in [3.63, 3.8) is 0 Å². The molecule has 2 aromatic carbocycles. The standard InChI is InChI=1S/C20H18O5/c1-2-3-12-23-16-8-5-15(6-9-16)20(22)24-17-10-4-14-7-11-19(21)25-18(14)13-17/h4-11,13H,2-3,12H2,1H3. The van der Waals surface area contributed by atoms with E-state index in [1.54, 1.807) is 42.5 Å². The maximum absolute atomic E-state index is 12.2. The molecule has 0 amide bonds. The Balaban J connectivity index is 1.70. The van der Waals surface area contributed by atoms with Crippen molar-refractivity contribution in [3.05, 3.63) is 70.6 Å². The zero-order valence-corrected chi connectivity index (χ0v) is 13.9. The Morgan fingerprint density at radius 2 is 1.72 bits per heavy atom. The van der Waals surface area contributed by atoms with E-state index in [4.69, 9.17) is 13.9 Å². The summed E-state index contributed by atoms with van der Waals surface area (Å²) in [5, 5.41) is 0.757. The summed E-state index contributed by atoms with van der Waals surface area (Å²) in [6.45, 7) is 2.75. The first-order chi connectivity index (χ1) is 12.2. The van der Waals surface area contributed by atoms with Gasteiger partial charge in [-0.15, -0.1) is 0 Å². The van der Waals surface area contributed by atoms with Crippen molar-refractivity contribution in [2.75, 3.05) is 6.61 Å². The maximum Gasteiger partial charge on any atom is 0.343 e. The highest BCUT2D eigenvalue weighted by atomic mass is 16.5. The molecule has 3 rings (SSSR count). The molecule has 0 bridgehead atoms. The number of hydrogen-bond acceptors (Lipinski definition) is 5. The third kappa shape index (κ3) is 4.26. The number of hydrogen-bond donors (Lipinski definition) is 0. The SMILES string of the molecule is CCCCOc1ccc(C(=O)Oc2ccc3ccc(=O)oc3c2)cc1. The van der Waals surface area contributed by atoms with E-state index in [-0.39, 0.29) is 0 Å². The fraction of sp³-hybridized carbons (Fsp3) is 0.200. The highest BCUT2D eigenvalue weighted by molar-refractivity contribution is 5.91. The highest BCUT2D eigenvalue weighted by Crippen LogP contribution is 2.21. The molecule has 128 valence electrons. The summed E-state index contributed by atoms with van der Waals surface area (Å²) < 4.78 is 16.0. The Morgan fingerprint density at radius 3 is 2.48 bits per heavy atom. The minimum absolute atomic E-state index is 0.315. The molecule has 5 nitrogen and oxygen atoms in total. The zero-order chi connectivity index (χ0) is 17.6. The molecular weight excluding hydrogens is 320 g/mol. The Kier molecular flexibility index (Phi) is 5.14. The van der Waals surface area contributed by atoms with Gasteiger partial charge < -0.3 is 13.9 Å². The van der Waals surface area contributed by atoms with Crippen molar-refractivity contribution in [1.82, 2.24) is 0 Å². The van der Waals surface area contributed by atoms with E-state index in [0.717, 1.165) is 24.0 Å². The molecule has 0 saturated heterocycles. The molecule has 0 unspecified atom stereocenters. The maximum atomic E-state index is 12.2. The van der Waals surface area contributed by atoms with Gasteiger partial charge in [-0.1, -0.05) is 13.3 Å². The molecule has 5 heteroatoms. The van der Waals surface area contributed by atoms with Crippen LogP contribution < -0.4 is 15.1 Å². The molecule has 3 aromatic rings. The highest BCUT2D eigenvalue weighted by Gasteiger charge is 2.10. The monoisotopic (exact) mass is 338 g/mol. The summed E-state index contributed by atoms with van der Waals surface area (Å²) in [7, 11) is 0. The van der Waals surface area contributed by atoms with Gasteiger partial charge in [0.25, 0.3) is 0 Å². The van der Waals surface area contributed by atoms with Crippen molar-refractivity contribution < 1.29 is 18.7 Å². The van der Waals surface area contributed by atoms with Crippen LogP contribution in [0.25, 0.3) is 11.0 Å². The lowest BCUT2D eigenvalue weighted by atomic mass is 10.2. The molecule has 0 fully saturated rings. The predicted octanol–water partition coefficient (Wildman–Crippen LogP) is 4.19. The number of benzene rings is 2. The number of ether oxygens (including phenoxy) is 2. The van der Waals surface area contributed by atoms with Crippen LogP contribution in [-0.2, 0) is 0 Å². The average Bonchev–Trinajstić information content (AvgIpc) is 2.62. The fourth-order valence-electron chi connectivity index (χ4n) is 2.29. The van der Waals surface area contributed by atoms with Crippen molar-refractivity contribution in [1.29, 1.82) is 0 Å². The quantitative estimate of drug-likeness (QED) is 0.292. The summed E-state index contributed by atoms with van der Waals surface area (Å²) in [5.41, 5.74) is 0.338. The Bertz CT molecular complexity index is 925. The summed E-state index contributed by atoms with van der Waals surface area (Å²) in [5.74, 6) is 0.547. The van der Waals surface area contributed by atoms with Crippen molar-refractivity contribution >= 4 is 16.9 Å². The van der Waals surface area contributed by atoms with Crippen LogP contribution in [0.5, 0.6) is 11.5 Å². The first kappa shape index (κ1) is 16.8. The van der Waals surface area contributed by atoms with Gasteiger partial charge in [0, 0.05) is 17.5 Å². The molecular formula is C20H18O5. The second kappa shape index (κ2) is 7.66. The Hall–Kier alpha value is -3.08. The molecule has 0 spiro atoms. The summed E-state index contributed by atoms with van der Waals surface area (Å²) in [6.07, 6.45) is 2.05. The molecule has 0 saturated carbocycles. The number of fused-ring (bicyclic) bond motifs is 1. The topological polar surface area (TPSA) is 65.7 Å². The predicted molar refractivity (Wildman–Crippen MR) is 94.3 cm³/mol. The van der Waals surface area contributed by atoms with Gasteiger partial charge in [0.2, 0.25) is 0 Å². The van der Waals surface area contributed by atoms with Crippen LogP contribution in [-0.4, -0.2) is 12.6 Å². The van der Waals surface area contributed by atoms with Crippen LogP contribution in [0.4, 0.5) is 0 Å². The van der Waals surface area contributed by atoms with E-state index in [9.17, 15) is 9.59 Å². The molecule has 0 aliphatic carbocycles. The lowest BCUT2D eigenvalue weighted by molar-refractivity contribution is 0.0735. The van der Waals surface area contributed by atoms with E-state index >= 15 is 0 Å². The van der Waals surface area contributed by atoms with Crippen molar-refractivity contribution in [3.8, 4) is 11.5 Å². The van der Waals surface area contributed by atoms with Gasteiger partial charge in [0.05, 0.1) is 12.2 Å². The van der Waals surface area contributed by atoms with Gasteiger partial charge >= 0.3 is 11.6 Å². The molecule has 1 aromatic heterocycles. The average molecular weight is 338 g/mol. The molecule has 1 heterocycles. The van der Waals surface area contributed by atoms with E-state index in [1.807, 2.05) is 0 Å². The molecule has 0 aliphatic heterocycles. The summed E-state index contributed by atoms with van der Waals surface area (Å²) >= 11 is 0. The lowest BCUT2D eigenvalue weighted by Crippen LogP contribution is -2.08. The summed E-state index contributed by atoms with van der Waals surface area (Å²) in [6, 6.07) is 14.7. The second-order valence-corrected chi connectivity index (χ2v) is 5.57. The minimum Gasteiger partial charge on any atom is -0.494 e. The fourth-order valence-corrected chi connectivity index (χ4v) is 2.29. The number of unbranched alkanes of at least 4 members (excludes halogenated alkanes) is 1. The van der Waals surface area contributed by atoms with Gasteiger partial charge in [0.15, 0.2) is 0 Å². The van der Waals surface area contributed by atoms with Gasteiger partial charge in [-0.05, 0) is 48.9 Å². The van der Waals surface area contributed by atoms with Crippen LogP contribution >= 0.6 is 0 Å². The Labute approximate surface area is 144 Å². The number of carbonyl (C=O) groups is 1. The third-order valence-corrected chi connectivity index (χ3v) is 3.66. The molecule has 0 radical (unpaired) electrons. The minimum atomic E-state index is -0.488. The first-order valence-electron chi connectivity index (χ1n) is 8.14. The normalized spacial score (nSPS) is 10.6. The van der Waals surface area contributed by atoms with Crippen LogP contribution in [0.2, 0.25) is 0 Å².